The molecule has 106 valence electrons. The number of anilines is 2. The fourth-order valence-electron chi connectivity index (χ4n) is 1.78. The predicted octanol–water partition coefficient (Wildman–Crippen LogP) is 3.86. The van der Waals surface area contributed by atoms with Crippen molar-refractivity contribution in [1.82, 2.24) is 4.98 Å². The number of rotatable bonds is 3. The van der Waals surface area contributed by atoms with Crippen LogP contribution < -0.4 is 11.1 Å². The lowest BCUT2D eigenvalue weighted by Crippen LogP contribution is -2.09. The molecule has 1 unspecified atom stereocenters. The van der Waals surface area contributed by atoms with Crippen LogP contribution in [0.1, 0.15) is 24.1 Å². The summed E-state index contributed by atoms with van der Waals surface area (Å²) in [5, 5.41) is 2.97. The van der Waals surface area contributed by atoms with Gasteiger partial charge in [-0.1, -0.05) is 18.2 Å². The number of hydrogen-bond donors (Lipinski definition) is 2. The van der Waals surface area contributed by atoms with E-state index in [1.54, 1.807) is 6.07 Å². The van der Waals surface area contributed by atoms with Crippen molar-refractivity contribution in [3.05, 3.63) is 53.7 Å². The zero-order valence-electron chi connectivity index (χ0n) is 10.8. The summed E-state index contributed by atoms with van der Waals surface area (Å²) in [6, 6.07) is 9.43. The van der Waals surface area contributed by atoms with E-state index >= 15 is 0 Å². The number of nitrogens with one attached hydrogen (secondary N) is 1. The highest BCUT2D eigenvalue weighted by Gasteiger charge is 2.30. The molecule has 1 heterocycles. The number of halogens is 3. The molecule has 0 saturated heterocycles. The summed E-state index contributed by atoms with van der Waals surface area (Å²) in [4.78, 5) is 3.77. The molecule has 20 heavy (non-hydrogen) atoms. The van der Waals surface area contributed by atoms with Crippen molar-refractivity contribution >= 4 is 11.5 Å². The molecule has 0 amide bonds. The van der Waals surface area contributed by atoms with Crippen molar-refractivity contribution < 1.29 is 13.2 Å². The van der Waals surface area contributed by atoms with E-state index < -0.39 is 11.7 Å². The monoisotopic (exact) mass is 281 g/mol. The van der Waals surface area contributed by atoms with E-state index in [9.17, 15) is 13.2 Å². The normalized spacial score (nSPS) is 13.1. The minimum absolute atomic E-state index is 0.187. The molecule has 3 nitrogen and oxygen atoms in total. The quantitative estimate of drug-likeness (QED) is 0.898. The van der Waals surface area contributed by atoms with Crippen molar-refractivity contribution in [1.29, 1.82) is 0 Å². The standard InChI is InChI=1S/C14H14F3N3/c1-9(18)11-4-2-3-5-12(11)20-13-7-6-10(8-19-13)14(15,16)17/h2-9H,18H2,1H3,(H,19,20). The summed E-state index contributed by atoms with van der Waals surface area (Å²) in [6.07, 6.45) is -3.58. The smallest absolute Gasteiger partial charge is 0.340 e. The third-order valence-corrected chi connectivity index (χ3v) is 2.80. The molecule has 0 fully saturated rings. The SMILES string of the molecule is CC(N)c1ccccc1Nc1ccc(C(F)(F)F)cn1. The maximum Gasteiger partial charge on any atom is 0.417 e. The van der Waals surface area contributed by atoms with E-state index in [4.69, 9.17) is 5.73 Å². The molecule has 0 aliphatic heterocycles. The Kier molecular flexibility index (Phi) is 3.94. The Morgan fingerprint density at radius 1 is 1.15 bits per heavy atom. The Labute approximate surface area is 114 Å². The molecular weight excluding hydrogens is 267 g/mol. The van der Waals surface area contributed by atoms with E-state index in [1.807, 2.05) is 25.1 Å². The molecule has 2 rings (SSSR count). The first-order valence-corrected chi connectivity index (χ1v) is 6.02. The zero-order valence-corrected chi connectivity index (χ0v) is 10.8. The van der Waals surface area contributed by atoms with Gasteiger partial charge in [0.15, 0.2) is 0 Å². The van der Waals surface area contributed by atoms with Gasteiger partial charge in [0.1, 0.15) is 5.82 Å². The Hall–Kier alpha value is -2.08. The van der Waals surface area contributed by atoms with Crippen LogP contribution >= 0.6 is 0 Å². The zero-order chi connectivity index (χ0) is 14.8. The van der Waals surface area contributed by atoms with E-state index in [-0.39, 0.29) is 6.04 Å². The van der Waals surface area contributed by atoms with Gasteiger partial charge >= 0.3 is 6.18 Å². The molecular formula is C14H14F3N3. The van der Waals surface area contributed by atoms with Crippen LogP contribution in [-0.4, -0.2) is 4.98 Å². The third kappa shape index (κ3) is 3.27. The van der Waals surface area contributed by atoms with Crippen LogP contribution in [0.15, 0.2) is 42.6 Å². The molecule has 0 aliphatic rings. The van der Waals surface area contributed by atoms with Gasteiger partial charge in [-0.2, -0.15) is 13.2 Å². The number of alkyl halides is 3. The van der Waals surface area contributed by atoms with Crippen LogP contribution in [0.3, 0.4) is 0 Å². The van der Waals surface area contributed by atoms with Crippen molar-refractivity contribution in [2.24, 2.45) is 5.73 Å². The molecule has 1 aromatic carbocycles. The van der Waals surface area contributed by atoms with E-state index in [0.717, 1.165) is 23.5 Å². The fraction of sp³-hybridized carbons (Fsp3) is 0.214. The molecule has 0 spiro atoms. The average Bonchev–Trinajstić information content (AvgIpc) is 2.38. The van der Waals surface area contributed by atoms with E-state index in [1.165, 1.54) is 6.07 Å². The van der Waals surface area contributed by atoms with Crippen LogP contribution in [0.5, 0.6) is 0 Å². The number of hydrogen-bond acceptors (Lipinski definition) is 3. The summed E-state index contributed by atoms with van der Waals surface area (Å²) in [5.74, 6) is 0.339. The lowest BCUT2D eigenvalue weighted by molar-refractivity contribution is -0.137. The van der Waals surface area contributed by atoms with Crippen molar-refractivity contribution in [3.63, 3.8) is 0 Å². The van der Waals surface area contributed by atoms with Crippen LogP contribution in [-0.2, 0) is 6.18 Å². The van der Waals surface area contributed by atoms with E-state index in [0.29, 0.717) is 5.82 Å². The third-order valence-electron chi connectivity index (χ3n) is 2.80. The lowest BCUT2D eigenvalue weighted by Gasteiger charge is -2.14. The van der Waals surface area contributed by atoms with Gasteiger partial charge in [-0.3, -0.25) is 0 Å². The van der Waals surface area contributed by atoms with Crippen molar-refractivity contribution in [2.75, 3.05) is 5.32 Å². The van der Waals surface area contributed by atoms with Crippen LogP contribution in [0.4, 0.5) is 24.7 Å². The number of aromatic nitrogens is 1. The Balaban J connectivity index is 2.23. The molecule has 0 radical (unpaired) electrons. The number of para-hydroxylation sites is 1. The second-order valence-corrected chi connectivity index (χ2v) is 4.43. The highest BCUT2D eigenvalue weighted by atomic mass is 19.4. The maximum atomic E-state index is 12.4. The highest BCUT2D eigenvalue weighted by molar-refractivity contribution is 5.61. The predicted molar refractivity (Wildman–Crippen MR) is 71.6 cm³/mol. The van der Waals surface area contributed by atoms with Gasteiger partial charge in [0, 0.05) is 17.9 Å². The molecule has 1 atom stereocenters. The Morgan fingerprint density at radius 2 is 1.85 bits per heavy atom. The molecule has 0 bridgehead atoms. The molecule has 6 heteroatoms. The second kappa shape index (κ2) is 5.50. The van der Waals surface area contributed by atoms with Gasteiger partial charge in [0.25, 0.3) is 0 Å². The van der Waals surface area contributed by atoms with Gasteiger partial charge < -0.3 is 11.1 Å². The Morgan fingerprint density at radius 3 is 2.40 bits per heavy atom. The van der Waals surface area contributed by atoms with Crippen LogP contribution in [0, 0.1) is 0 Å². The Bertz CT molecular complexity index is 577. The van der Waals surface area contributed by atoms with Gasteiger partial charge in [-0.05, 0) is 30.7 Å². The van der Waals surface area contributed by atoms with Crippen molar-refractivity contribution in [3.8, 4) is 0 Å². The summed E-state index contributed by atoms with van der Waals surface area (Å²) >= 11 is 0. The first-order valence-electron chi connectivity index (χ1n) is 6.02. The topological polar surface area (TPSA) is 50.9 Å². The van der Waals surface area contributed by atoms with Gasteiger partial charge in [0.05, 0.1) is 5.56 Å². The van der Waals surface area contributed by atoms with Crippen molar-refractivity contribution in [2.45, 2.75) is 19.1 Å². The summed E-state index contributed by atoms with van der Waals surface area (Å²) < 4.78 is 37.3. The molecule has 2 aromatic rings. The highest BCUT2D eigenvalue weighted by Crippen LogP contribution is 2.30. The lowest BCUT2D eigenvalue weighted by atomic mass is 10.1. The fourth-order valence-corrected chi connectivity index (χ4v) is 1.78. The van der Waals surface area contributed by atoms with Crippen LogP contribution in [0.2, 0.25) is 0 Å². The number of benzene rings is 1. The molecule has 1 aromatic heterocycles. The summed E-state index contributed by atoms with van der Waals surface area (Å²) in [5.41, 5.74) is 6.67. The minimum Gasteiger partial charge on any atom is -0.340 e. The number of nitrogens with two attached hydrogens (primary N) is 1. The largest absolute Gasteiger partial charge is 0.417 e. The maximum absolute atomic E-state index is 12.4. The van der Waals surface area contributed by atoms with Gasteiger partial charge in [-0.15, -0.1) is 0 Å². The molecule has 0 aliphatic carbocycles. The number of nitrogens with zero attached hydrogens (tertiary/aromatic N) is 1. The number of pyridine rings is 1. The van der Waals surface area contributed by atoms with Gasteiger partial charge in [-0.25, -0.2) is 4.98 Å². The second-order valence-electron chi connectivity index (χ2n) is 4.43. The van der Waals surface area contributed by atoms with Crippen LogP contribution in [0.25, 0.3) is 0 Å². The first kappa shape index (κ1) is 14.3. The van der Waals surface area contributed by atoms with Gasteiger partial charge in [0.2, 0.25) is 0 Å². The average molecular weight is 281 g/mol. The summed E-state index contributed by atoms with van der Waals surface area (Å²) in [6.45, 7) is 1.83. The summed E-state index contributed by atoms with van der Waals surface area (Å²) in [7, 11) is 0. The first-order chi connectivity index (χ1) is 9.38. The molecule has 0 saturated carbocycles. The van der Waals surface area contributed by atoms with E-state index in [2.05, 4.69) is 10.3 Å². The molecule has 3 N–H and O–H groups in total. The minimum atomic E-state index is -4.38.